The molecule has 7 aliphatic rings. The van der Waals surface area contributed by atoms with Crippen LogP contribution < -0.4 is 0 Å². The number of epoxide rings is 1. The summed E-state index contributed by atoms with van der Waals surface area (Å²) in [7, 11) is 0. The summed E-state index contributed by atoms with van der Waals surface area (Å²) < 4.78 is 23.7. The Morgan fingerprint density at radius 1 is 0.936 bits per heavy atom. The van der Waals surface area contributed by atoms with Crippen molar-refractivity contribution in [2.75, 3.05) is 6.61 Å². The van der Waals surface area contributed by atoms with Crippen LogP contribution >= 0.6 is 0 Å². The summed E-state index contributed by atoms with van der Waals surface area (Å²) in [5, 5.41) is 42.8. The molecule has 2 spiro atoms. The monoisotopic (exact) mass is 662 g/mol. The fraction of sp³-hybridized carbons (Fsp3) is 0.946. The molecule has 0 bridgehead atoms. The third kappa shape index (κ3) is 4.53. The van der Waals surface area contributed by atoms with E-state index in [0.29, 0.717) is 12.3 Å². The van der Waals surface area contributed by atoms with Gasteiger partial charge in [-0.1, -0.05) is 34.6 Å². The van der Waals surface area contributed by atoms with E-state index in [9.17, 15) is 30.0 Å². The van der Waals surface area contributed by atoms with Crippen LogP contribution in [-0.4, -0.2) is 93.4 Å². The molecule has 2 aliphatic heterocycles. The number of esters is 1. The van der Waals surface area contributed by atoms with Gasteiger partial charge in [0.25, 0.3) is 0 Å². The maximum Gasteiger partial charge on any atom is 0.302 e. The Kier molecular flexibility index (Phi) is 7.80. The summed E-state index contributed by atoms with van der Waals surface area (Å²) in [6.45, 7) is 16.4. The van der Waals surface area contributed by atoms with E-state index >= 15 is 0 Å². The highest BCUT2D eigenvalue weighted by molar-refractivity contribution is 5.90. The number of aliphatic hydroxyl groups excluding tert-OH is 4. The molecule has 10 nitrogen and oxygen atoms in total. The summed E-state index contributed by atoms with van der Waals surface area (Å²) in [5.74, 6) is -0.211. The van der Waals surface area contributed by atoms with Gasteiger partial charge in [0.15, 0.2) is 12.1 Å². The Bertz CT molecular complexity index is 1300. The molecule has 10 heteroatoms. The van der Waals surface area contributed by atoms with Gasteiger partial charge in [0.2, 0.25) is 0 Å². The Morgan fingerprint density at radius 3 is 2.21 bits per heavy atom. The van der Waals surface area contributed by atoms with Crippen molar-refractivity contribution in [3.05, 3.63) is 0 Å². The second kappa shape index (κ2) is 10.7. The fourth-order valence-electron chi connectivity index (χ4n) is 13.2. The van der Waals surface area contributed by atoms with E-state index in [1.807, 2.05) is 13.8 Å². The van der Waals surface area contributed by atoms with Crippen molar-refractivity contribution in [1.29, 1.82) is 0 Å². The minimum atomic E-state index is -1.31. The first-order valence-electron chi connectivity index (χ1n) is 18.2. The van der Waals surface area contributed by atoms with Crippen LogP contribution in [0.2, 0.25) is 0 Å². The van der Waals surface area contributed by atoms with Gasteiger partial charge in [-0.15, -0.1) is 0 Å². The van der Waals surface area contributed by atoms with Crippen molar-refractivity contribution in [3.8, 4) is 0 Å². The quantitative estimate of drug-likeness (QED) is 0.181. The number of hydrogen-bond acceptors (Lipinski definition) is 10. The van der Waals surface area contributed by atoms with Gasteiger partial charge < -0.3 is 39.4 Å². The molecule has 47 heavy (non-hydrogen) atoms. The lowest BCUT2D eigenvalue weighted by molar-refractivity contribution is -0.303. The average Bonchev–Trinajstić information content (AvgIpc) is 3.84. The van der Waals surface area contributed by atoms with Crippen LogP contribution in [0, 0.1) is 50.7 Å². The van der Waals surface area contributed by atoms with Crippen LogP contribution in [-0.2, 0) is 28.5 Å². The number of carbonyl (C=O) groups is 2. The molecule has 0 aromatic carbocycles. The molecule has 2 saturated heterocycles. The normalized spacial score (nSPS) is 53.5. The predicted octanol–water partition coefficient (Wildman–Crippen LogP) is 3.53. The lowest BCUT2D eigenvalue weighted by Crippen LogP contribution is -2.61. The maximum absolute atomic E-state index is 14.2. The third-order valence-corrected chi connectivity index (χ3v) is 15.7. The van der Waals surface area contributed by atoms with E-state index < -0.39 is 42.2 Å². The number of rotatable bonds is 7. The molecule has 5 aliphatic carbocycles. The van der Waals surface area contributed by atoms with E-state index in [4.69, 9.17) is 18.9 Å². The van der Waals surface area contributed by atoms with Gasteiger partial charge in [-0.05, 0) is 105 Å². The standard InChI is InChI=1S/C37H58O10/c1-18(15-21(45-19(2)38)30-33(5,6)47-30)25-27(41)29(43)35(8)23-10-9-22-32(3,4)24(46-31-28(42)26(40)20(39)16-44-31)11-12-36(22)17-37(23,36)14-13-34(25,35)7/h18,20-26,28-31,39-40,42-43H,9-17H2,1-8H3/t18-,20-,21-,22-,23+,24+,25+,26+,28-,29+,30-,31+,34-,35-,36-,37+/m1/s1. The summed E-state index contributed by atoms with van der Waals surface area (Å²) in [6, 6.07) is 0. The number of hydrogen-bond donors (Lipinski definition) is 4. The number of carbonyl (C=O) groups excluding carboxylic acids is 2. The molecule has 2 heterocycles. The summed E-state index contributed by atoms with van der Waals surface area (Å²) in [4.78, 5) is 26.3. The highest BCUT2D eigenvalue weighted by Gasteiger charge is 2.84. The number of ketones is 1. The zero-order valence-electron chi connectivity index (χ0n) is 29.5. The van der Waals surface area contributed by atoms with Crippen LogP contribution in [0.1, 0.15) is 107 Å². The summed E-state index contributed by atoms with van der Waals surface area (Å²) in [6.07, 6.45) is 0.666. The predicted molar refractivity (Wildman–Crippen MR) is 170 cm³/mol. The Balaban J connectivity index is 1.12. The number of aliphatic hydroxyl groups is 4. The van der Waals surface area contributed by atoms with E-state index in [2.05, 4.69) is 34.6 Å². The first-order chi connectivity index (χ1) is 21.8. The molecule has 0 aromatic rings. The van der Waals surface area contributed by atoms with E-state index in [0.717, 1.165) is 44.9 Å². The average molecular weight is 663 g/mol. The molecule has 266 valence electrons. The zero-order valence-corrected chi connectivity index (χ0v) is 29.5. The van der Waals surface area contributed by atoms with Crippen molar-refractivity contribution in [3.63, 3.8) is 0 Å². The smallest absolute Gasteiger partial charge is 0.302 e. The second-order valence-electron chi connectivity index (χ2n) is 18.4. The third-order valence-electron chi connectivity index (χ3n) is 15.7. The van der Waals surface area contributed by atoms with Gasteiger partial charge in [-0.3, -0.25) is 9.59 Å². The van der Waals surface area contributed by atoms with Crippen molar-refractivity contribution in [1.82, 2.24) is 0 Å². The Labute approximate surface area is 279 Å². The SMILES string of the molecule is CC(=O)O[C@H](C[C@@H](C)[C@H]1C(=O)[C@H](O)[C@@]2(C)[C@@H]3CC[C@@H]4C(C)(C)[C@@H](O[C@@H]5OC[C@@H](O)[C@H](O)[C@H]5O)CC[C@@]45C[C@@]35CC[C@]12C)[C@H]1OC1(C)C. The van der Waals surface area contributed by atoms with Gasteiger partial charge in [0.1, 0.15) is 36.6 Å². The van der Waals surface area contributed by atoms with Crippen LogP contribution in [0.25, 0.3) is 0 Å². The molecular weight excluding hydrogens is 604 g/mol. The van der Waals surface area contributed by atoms with Crippen LogP contribution in [0.15, 0.2) is 0 Å². The fourth-order valence-corrected chi connectivity index (χ4v) is 13.2. The number of Topliss-reactive ketones (excluding diaryl/α,β-unsaturated/α-hetero) is 1. The maximum atomic E-state index is 14.2. The molecule has 0 radical (unpaired) electrons. The highest BCUT2D eigenvalue weighted by atomic mass is 16.7. The summed E-state index contributed by atoms with van der Waals surface area (Å²) >= 11 is 0. The molecule has 0 unspecified atom stereocenters. The van der Waals surface area contributed by atoms with Crippen molar-refractivity contribution >= 4 is 11.8 Å². The van der Waals surface area contributed by atoms with Crippen molar-refractivity contribution in [2.24, 2.45) is 50.7 Å². The zero-order chi connectivity index (χ0) is 34.3. The van der Waals surface area contributed by atoms with Gasteiger partial charge in [0, 0.05) is 18.3 Å². The highest BCUT2D eigenvalue weighted by Crippen LogP contribution is 2.89. The lowest BCUT2D eigenvalue weighted by atomic mass is 9.41. The van der Waals surface area contributed by atoms with Gasteiger partial charge in [-0.2, -0.15) is 0 Å². The van der Waals surface area contributed by atoms with Crippen LogP contribution in [0.4, 0.5) is 0 Å². The molecule has 7 rings (SSSR count). The van der Waals surface area contributed by atoms with Crippen LogP contribution in [0.5, 0.6) is 0 Å². The summed E-state index contributed by atoms with van der Waals surface area (Å²) in [5.41, 5.74) is -1.34. The second-order valence-corrected chi connectivity index (χ2v) is 18.4. The lowest BCUT2D eigenvalue weighted by Gasteiger charge is -2.63. The van der Waals surface area contributed by atoms with Crippen molar-refractivity contribution in [2.45, 2.75) is 161 Å². The molecular formula is C37H58O10. The molecule has 5 saturated carbocycles. The largest absolute Gasteiger partial charge is 0.460 e. The molecule has 4 N–H and O–H groups in total. The molecule has 0 amide bonds. The number of ether oxygens (including phenoxy) is 4. The molecule has 7 fully saturated rings. The van der Waals surface area contributed by atoms with Gasteiger partial charge in [0.05, 0.1) is 18.3 Å². The van der Waals surface area contributed by atoms with Crippen LogP contribution in [0.3, 0.4) is 0 Å². The minimum absolute atomic E-state index is 0.0512. The van der Waals surface area contributed by atoms with E-state index in [1.54, 1.807) is 0 Å². The first kappa shape index (κ1) is 34.3. The van der Waals surface area contributed by atoms with E-state index in [1.165, 1.54) is 6.92 Å². The topological polar surface area (TPSA) is 155 Å². The first-order valence-corrected chi connectivity index (χ1v) is 18.2. The minimum Gasteiger partial charge on any atom is -0.460 e. The Morgan fingerprint density at radius 2 is 1.57 bits per heavy atom. The van der Waals surface area contributed by atoms with Crippen molar-refractivity contribution < 1.29 is 49.0 Å². The van der Waals surface area contributed by atoms with E-state index in [-0.39, 0.29) is 75.6 Å². The Hall–Kier alpha value is -1.14. The molecule has 0 aromatic heterocycles. The van der Waals surface area contributed by atoms with Gasteiger partial charge in [-0.25, -0.2) is 0 Å². The van der Waals surface area contributed by atoms with Gasteiger partial charge >= 0.3 is 5.97 Å². The molecule has 16 atom stereocenters. The number of fused-ring (bicyclic) bond motifs is 2.